The predicted molar refractivity (Wildman–Crippen MR) is 94.2 cm³/mol. The van der Waals surface area contributed by atoms with Crippen molar-refractivity contribution in [3.63, 3.8) is 0 Å². The lowest BCUT2D eigenvalue weighted by molar-refractivity contribution is 0.0951. The molecular weight excluding hydrogens is 286 g/mol. The molecule has 1 heterocycles. The maximum absolute atomic E-state index is 12.2. The van der Waals surface area contributed by atoms with Gasteiger partial charge in [-0.15, -0.1) is 0 Å². The molecule has 1 aromatic carbocycles. The number of pyridine rings is 1. The van der Waals surface area contributed by atoms with Gasteiger partial charge < -0.3 is 11.1 Å². The van der Waals surface area contributed by atoms with E-state index in [-0.39, 0.29) is 11.7 Å². The van der Waals surface area contributed by atoms with Gasteiger partial charge in [0.15, 0.2) is 0 Å². The van der Waals surface area contributed by atoms with Gasteiger partial charge in [0.05, 0.1) is 5.56 Å². The van der Waals surface area contributed by atoms with E-state index in [0.717, 1.165) is 17.7 Å². The lowest BCUT2D eigenvalue weighted by atomic mass is 10.0. The van der Waals surface area contributed by atoms with Gasteiger partial charge >= 0.3 is 0 Å². The number of aromatic nitrogens is 1. The molecule has 2 aromatic rings. The van der Waals surface area contributed by atoms with Crippen molar-refractivity contribution in [1.82, 2.24) is 10.3 Å². The Morgan fingerprint density at radius 3 is 2.70 bits per heavy atom. The molecule has 0 atom stereocenters. The Bertz CT molecular complexity index is 667. The second kappa shape index (κ2) is 8.32. The van der Waals surface area contributed by atoms with Crippen LogP contribution in [0.1, 0.15) is 53.4 Å². The van der Waals surface area contributed by atoms with Crippen LogP contribution in [0.5, 0.6) is 0 Å². The Labute approximate surface area is 138 Å². The maximum Gasteiger partial charge on any atom is 0.255 e. The third kappa shape index (κ3) is 5.09. The third-order valence-electron chi connectivity index (χ3n) is 3.82. The normalized spacial score (nSPS) is 10.5. The van der Waals surface area contributed by atoms with Crippen LogP contribution in [0.4, 0.5) is 5.82 Å². The fraction of sp³-hybridized carbons (Fsp3) is 0.368. The minimum Gasteiger partial charge on any atom is -0.383 e. The summed E-state index contributed by atoms with van der Waals surface area (Å²) in [5.41, 5.74) is 9.47. The second-order valence-corrected chi connectivity index (χ2v) is 5.85. The van der Waals surface area contributed by atoms with Crippen LogP contribution in [-0.4, -0.2) is 10.9 Å². The van der Waals surface area contributed by atoms with Crippen molar-refractivity contribution in [2.45, 2.75) is 46.1 Å². The number of amides is 1. The van der Waals surface area contributed by atoms with E-state index in [1.165, 1.54) is 24.8 Å². The number of nitrogens with one attached hydrogen (secondary N) is 1. The molecule has 0 saturated heterocycles. The van der Waals surface area contributed by atoms with E-state index in [2.05, 4.69) is 29.4 Å². The molecule has 1 aromatic heterocycles. The van der Waals surface area contributed by atoms with Gasteiger partial charge in [0.1, 0.15) is 5.82 Å². The average Bonchev–Trinajstić information content (AvgIpc) is 2.53. The first-order valence-electron chi connectivity index (χ1n) is 8.19. The van der Waals surface area contributed by atoms with Gasteiger partial charge in [-0.2, -0.15) is 0 Å². The number of anilines is 1. The molecule has 4 nitrogen and oxygen atoms in total. The summed E-state index contributed by atoms with van der Waals surface area (Å²) in [6, 6.07) is 11.9. The molecule has 0 fully saturated rings. The van der Waals surface area contributed by atoms with E-state index in [9.17, 15) is 4.79 Å². The summed E-state index contributed by atoms with van der Waals surface area (Å²) in [5, 5.41) is 2.91. The summed E-state index contributed by atoms with van der Waals surface area (Å²) in [4.78, 5) is 16.3. The highest BCUT2D eigenvalue weighted by Crippen LogP contribution is 2.12. The Balaban J connectivity index is 1.94. The number of nitrogen functional groups attached to an aromatic ring is 1. The Morgan fingerprint density at radius 2 is 1.96 bits per heavy atom. The lowest BCUT2D eigenvalue weighted by Crippen LogP contribution is -2.24. The molecule has 0 aliphatic heterocycles. The Morgan fingerprint density at radius 1 is 1.17 bits per heavy atom. The molecule has 2 rings (SSSR count). The van der Waals surface area contributed by atoms with Crippen LogP contribution in [0.3, 0.4) is 0 Å². The topological polar surface area (TPSA) is 68.0 Å². The number of nitrogens with two attached hydrogens (primary N) is 1. The van der Waals surface area contributed by atoms with Crippen LogP contribution in [-0.2, 0) is 13.0 Å². The van der Waals surface area contributed by atoms with Crippen LogP contribution in [0.2, 0.25) is 0 Å². The predicted octanol–water partition coefficient (Wildman–Crippen LogP) is 3.63. The number of benzene rings is 1. The molecule has 0 radical (unpaired) electrons. The zero-order valence-electron chi connectivity index (χ0n) is 13.9. The summed E-state index contributed by atoms with van der Waals surface area (Å²) in [6.07, 6.45) is 4.77. The van der Waals surface area contributed by atoms with Crippen molar-refractivity contribution in [1.29, 1.82) is 0 Å². The number of unbranched alkanes of at least 4 members (excludes halogenated alkanes) is 2. The van der Waals surface area contributed by atoms with Crippen molar-refractivity contribution in [2.75, 3.05) is 5.73 Å². The van der Waals surface area contributed by atoms with Gasteiger partial charge in [0.2, 0.25) is 0 Å². The Hall–Kier alpha value is -2.36. The number of aryl methyl sites for hydroxylation is 2. The van der Waals surface area contributed by atoms with Gasteiger partial charge in [-0.05, 0) is 43.0 Å². The van der Waals surface area contributed by atoms with Gasteiger partial charge in [-0.1, -0.05) is 44.0 Å². The maximum atomic E-state index is 12.2. The minimum atomic E-state index is -0.189. The molecule has 0 spiro atoms. The summed E-state index contributed by atoms with van der Waals surface area (Å²) in [6.45, 7) is 4.55. The molecule has 0 unspecified atom stereocenters. The molecule has 23 heavy (non-hydrogen) atoms. The monoisotopic (exact) mass is 311 g/mol. The SMILES string of the molecule is CCCCCc1cccc(CNC(=O)c2ccc(C)nc2N)c1. The fourth-order valence-corrected chi connectivity index (χ4v) is 2.52. The standard InChI is InChI=1S/C19H25N3O/c1-3-4-5-7-15-8-6-9-16(12-15)13-21-19(23)17-11-10-14(2)22-18(17)20/h6,8-12H,3-5,7,13H2,1-2H3,(H2,20,22)(H,21,23). The van der Waals surface area contributed by atoms with E-state index in [4.69, 9.17) is 5.73 Å². The average molecular weight is 311 g/mol. The summed E-state index contributed by atoms with van der Waals surface area (Å²) >= 11 is 0. The molecule has 0 aliphatic carbocycles. The zero-order valence-corrected chi connectivity index (χ0v) is 13.9. The molecule has 3 N–H and O–H groups in total. The molecule has 0 bridgehead atoms. The smallest absolute Gasteiger partial charge is 0.255 e. The zero-order chi connectivity index (χ0) is 16.7. The summed E-state index contributed by atoms with van der Waals surface area (Å²) in [5.74, 6) is 0.0854. The first-order valence-corrected chi connectivity index (χ1v) is 8.19. The molecule has 4 heteroatoms. The second-order valence-electron chi connectivity index (χ2n) is 5.85. The number of hydrogen-bond acceptors (Lipinski definition) is 3. The number of carbonyl (C=O) groups excluding carboxylic acids is 1. The van der Waals surface area contributed by atoms with Gasteiger partial charge in [0, 0.05) is 12.2 Å². The van der Waals surface area contributed by atoms with E-state index in [1.54, 1.807) is 12.1 Å². The first kappa shape index (κ1) is 17.0. The van der Waals surface area contributed by atoms with Crippen LogP contribution < -0.4 is 11.1 Å². The minimum absolute atomic E-state index is 0.189. The highest BCUT2D eigenvalue weighted by molar-refractivity contribution is 5.98. The molecule has 0 saturated carbocycles. The summed E-state index contributed by atoms with van der Waals surface area (Å²) < 4.78 is 0. The van der Waals surface area contributed by atoms with Crippen molar-refractivity contribution in [3.05, 3.63) is 58.8 Å². The quantitative estimate of drug-likeness (QED) is 0.767. The number of hydrogen-bond donors (Lipinski definition) is 2. The van der Waals surface area contributed by atoms with E-state index in [1.807, 2.05) is 19.1 Å². The number of carbonyl (C=O) groups is 1. The van der Waals surface area contributed by atoms with Crippen molar-refractivity contribution < 1.29 is 4.79 Å². The van der Waals surface area contributed by atoms with Crippen LogP contribution >= 0.6 is 0 Å². The van der Waals surface area contributed by atoms with Crippen molar-refractivity contribution in [2.24, 2.45) is 0 Å². The van der Waals surface area contributed by atoms with E-state index < -0.39 is 0 Å². The largest absolute Gasteiger partial charge is 0.383 e. The van der Waals surface area contributed by atoms with Crippen LogP contribution in [0.15, 0.2) is 36.4 Å². The third-order valence-corrected chi connectivity index (χ3v) is 3.82. The Kier molecular flexibility index (Phi) is 6.15. The molecular formula is C19H25N3O. The van der Waals surface area contributed by atoms with Crippen molar-refractivity contribution >= 4 is 11.7 Å². The molecule has 0 aliphatic rings. The highest BCUT2D eigenvalue weighted by Gasteiger charge is 2.10. The molecule has 1 amide bonds. The fourth-order valence-electron chi connectivity index (χ4n) is 2.52. The van der Waals surface area contributed by atoms with E-state index >= 15 is 0 Å². The first-order chi connectivity index (χ1) is 11.1. The van der Waals surface area contributed by atoms with E-state index in [0.29, 0.717) is 12.1 Å². The summed E-state index contributed by atoms with van der Waals surface area (Å²) in [7, 11) is 0. The highest BCUT2D eigenvalue weighted by atomic mass is 16.1. The lowest BCUT2D eigenvalue weighted by Gasteiger charge is -2.09. The van der Waals surface area contributed by atoms with Crippen LogP contribution in [0.25, 0.3) is 0 Å². The van der Waals surface area contributed by atoms with Gasteiger partial charge in [-0.25, -0.2) is 4.98 Å². The van der Waals surface area contributed by atoms with Crippen molar-refractivity contribution in [3.8, 4) is 0 Å². The van der Waals surface area contributed by atoms with Crippen LogP contribution in [0, 0.1) is 6.92 Å². The number of nitrogens with zero attached hydrogens (tertiary/aromatic N) is 1. The number of rotatable bonds is 7. The van der Waals surface area contributed by atoms with Gasteiger partial charge in [0.25, 0.3) is 5.91 Å². The van der Waals surface area contributed by atoms with Gasteiger partial charge in [-0.3, -0.25) is 4.79 Å². The molecule has 122 valence electrons.